The van der Waals surface area contributed by atoms with Crippen molar-refractivity contribution >= 4 is 27.4 Å². The molecular formula is C24H25F3O4S. The maximum atomic E-state index is 13.0. The van der Waals surface area contributed by atoms with Crippen molar-refractivity contribution in [2.45, 2.75) is 52.3 Å². The van der Waals surface area contributed by atoms with Gasteiger partial charge in [-0.15, -0.1) is 11.3 Å². The average molecular weight is 467 g/mol. The molecule has 0 aliphatic carbocycles. The molecule has 4 nitrogen and oxygen atoms in total. The fourth-order valence-corrected chi connectivity index (χ4v) is 4.49. The van der Waals surface area contributed by atoms with Crippen molar-refractivity contribution < 1.29 is 32.5 Å². The summed E-state index contributed by atoms with van der Waals surface area (Å²) in [7, 11) is 0. The summed E-state index contributed by atoms with van der Waals surface area (Å²) in [5, 5.41) is 9.85. The molecule has 1 aromatic heterocycles. The van der Waals surface area contributed by atoms with Gasteiger partial charge < -0.3 is 14.6 Å². The van der Waals surface area contributed by atoms with Gasteiger partial charge in [0.2, 0.25) is 0 Å². The molecule has 0 aliphatic rings. The van der Waals surface area contributed by atoms with Crippen LogP contribution in [0.2, 0.25) is 0 Å². The van der Waals surface area contributed by atoms with E-state index >= 15 is 0 Å². The van der Waals surface area contributed by atoms with Crippen molar-refractivity contribution in [1.29, 1.82) is 0 Å². The number of rotatable bonds is 8. The summed E-state index contributed by atoms with van der Waals surface area (Å²) in [6, 6.07) is 9.08. The van der Waals surface area contributed by atoms with E-state index < -0.39 is 23.3 Å². The molecule has 1 heterocycles. The maximum Gasteiger partial charge on any atom is 0.416 e. The minimum absolute atomic E-state index is 0.446. The summed E-state index contributed by atoms with van der Waals surface area (Å²) in [6.45, 7) is 7.09. The SMILES string of the molecule is Cc1cc(OCCCc2sc3ccc(C(F)(F)F)cc3c2C)ccc1OC(C)(C)C(=O)O. The van der Waals surface area contributed by atoms with Crippen molar-refractivity contribution in [2.75, 3.05) is 6.61 Å². The minimum Gasteiger partial charge on any atom is -0.494 e. The number of fused-ring (bicyclic) bond motifs is 1. The fraction of sp³-hybridized carbons (Fsp3) is 0.375. The number of carbonyl (C=O) groups is 1. The zero-order chi connectivity index (χ0) is 23.7. The molecule has 3 rings (SSSR count). The van der Waals surface area contributed by atoms with Gasteiger partial charge in [-0.05, 0) is 93.4 Å². The van der Waals surface area contributed by atoms with Crippen molar-refractivity contribution in [2.24, 2.45) is 0 Å². The van der Waals surface area contributed by atoms with E-state index in [2.05, 4.69) is 0 Å². The number of carboxylic acids is 1. The first-order chi connectivity index (χ1) is 14.9. The topological polar surface area (TPSA) is 55.8 Å². The number of aryl methyl sites for hydroxylation is 3. The Hall–Kier alpha value is -2.74. The van der Waals surface area contributed by atoms with Gasteiger partial charge in [-0.25, -0.2) is 4.79 Å². The Morgan fingerprint density at radius 1 is 1.09 bits per heavy atom. The minimum atomic E-state index is -4.35. The highest BCUT2D eigenvalue weighted by Crippen LogP contribution is 2.37. The number of aliphatic carboxylic acids is 1. The summed E-state index contributed by atoms with van der Waals surface area (Å²) >= 11 is 1.51. The molecule has 32 heavy (non-hydrogen) atoms. The summed E-state index contributed by atoms with van der Waals surface area (Å²) < 4.78 is 51.2. The van der Waals surface area contributed by atoms with Crippen molar-refractivity contribution in [3.8, 4) is 11.5 Å². The standard InChI is InChI=1S/C24H25F3O4S/c1-14-12-17(8-9-19(14)31-23(3,4)22(28)29)30-11-5-6-20-15(2)18-13-16(24(25,26)27)7-10-21(18)32-20/h7-10,12-13H,5-6,11H2,1-4H3,(H,28,29). The first kappa shape index (κ1) is 23.9. The number of alkyl halides is 3. The highest BCUT2D eigenvalue weighted by atomic mass is 32.1. The number of ether oxygens (including phenoxy) is 2. The lowest BCUT2D eigenvalue weighted by Crippen LogP contribution is -2.38. The number of thiophene rings is 1. The van der Waals surface area contributed by atoms with Crippen LogP contribution >= 0.6 is 11.3 Å². The van der Waals surface area contributed by atoms with Crippen molar-refractivity contribution in [1.82, 2.24) is 0 Å². The highest BCUT2D eigenvalue weighted by molar-refractivity contribution is 7.19. The number of hydrogen-bond acceptors (Lipinski definition) is 4. The summed E-state index contributed by atoms with van der Waals surface area (Å²) in [6.07, 6.45) is -2.93. The summed E-state index contributed by atoms with van der Waals surface area (Å²) in [5.74, 6) is 0.0677. The molecule has 172 valence electrons. The summed E-state index contributed by atoms with van der Waals surface area (Å²) in [4.78, 5) is 12.3. The van der Waals surface area contributed by atoms with E-state index in [0.717, 1.165) is 26.8 Å². The van der Waals surface area contributed by atoms with Gasteiger partial charge in [0.25, 0.3) is 0 Å². The number of hydrogen-bond donors (Lipinski definition) is 1. The van der Waals surface area contributed by atoms with Crippen LogP contribution < -0.4 is 9.47 Å². The van der Waals surface area contributed by atoms with Crippen LogP contribution in [0.3, 0.4) is 0 Å². The molecule has 0 atom stereocenters. The van der Waals surface area contributed by atoms with Crippen LogP contribution in [0.25, 0.3) is 10.1 Å². The fourth-order valence-electron chi connectivity index (χ4n) is 3.25. The van der Waals surface area contributed by atoms with Gasteiger partial charge >= 0.3 is 12.1 Å². The van der Waals surface area contributed by atoms with Gasteiger partial charge in [-0.1, -0.05) is 0 Å². The Balaban J connectivity index is 1.59. The second-order valence-corrected chi connectivity index (χ2v) is 9.29. The predicted molar refractivity (Wildman–Crippen MR) is 119 cm³/mol. The molecule has 0 saturated carbocycles. The quantitative estimate of drug-likeness (QED) is 0.371. The molecule has 0 radical (unpaired) electrons. The van der Waals surface area contributed by atoms with E-state index in [-0.39, 0.29) is 0 Å². The van der Waals surface area contributed by atoms with Gasteiger partial charge in [0.05, 0.1) is 12.2 Å². The third-order valence-electron chi connectivity index (χ3n) is 5.21. The molecule has 0 unspecified atom stereocenters. The average Bonchev–Trinajstić information content (AvgIpc) is 3.01. The van der Waals surface area contributed by atoms with Gasteiger partial charge in [0, 0.05) is 9.58 Å². The zero-order valence-corrected chi connectivity index (χ0v) is 19.1. The Morgan fingerprint density at radius 3 is 2.44 bits per heavy atom. The van der Waals surface area contributed by atoms with Gasteiger partial charge in [-0.2, -0.15) is 13.2 Å². The van der Waals surface area contributed by atoms with Crippen LogP contribution in [0, 0.1) is 13.8 Å². The van der Waals surface area contributed by atoms with Crippen LogP contribution in [-0.2, 0) is 17.4 Å². The van der Waals surface area contributed by atoms with Crippen LogP contribution in [0.5, 0.6) is 11.5 Å². The van der Waals surface area contributed by atoms with E-state index in [1.54, 1.807) is 18.2 Å². The molecule has 0 fully saturated rings. The van der Waals surface area contributed by atoms with Crippen LogP contribution in [0.1, 0.15) is 41.8 Å². The zero-order valence-electron chi connectivity index (χ0n) is 18.3. The van der Waals surface area contributed by atoms with E-state index in [0.29, 0.717) is 36.3 Å². The van der Waals surface area contributed by atoms with E-state index in [9.17, 15) is 23.1 Å². The third kappa shape index (κ3) is 5.35. The molecule has 0 saturated heterocycles. The molecule has 0 spiro atoms. The van der Waals surface area contributed by atoms with E-state index in [1.807, 2.05) is 13.8 Å². The molecule has 0 aliphatic heterocycles. The van der Waals surface area contributed by atoms with Gasteiger partial charge in [-0.3, -0.25) is 0 Å². The van der Waals surface area contributed by atoms with Gasteiger partial charge in [0.1, 0.15) is 11.5 Å². The number of benzene rings is 2. The molecule has 0 bridgehead atoms. The molecule has 1 N–H and O–H groups in total. The number of halogens is 3. The Kier molecular flexibility index (Phi) is 6.74. The molecule has 8 heteroatoms. The lowest BCUT2D eigenvalue weighted by atomic mass is 10.1. The largest absolute Gasteiger partial charge is 0.494 e. The van der Waals surface area contributed by atoms with Crippen molar-refractivity contribution in [3.05, 3.63) is 58.0 Å². The molecule has 3 aromatic rings. The Morgan fingerprint density at radius 2 is 1.81 bits per heavy atom. The lowest BCUT2D eigenvalue weighted by molar-refractivity contribution is -0.152. The summed E-state index contributed by atoms with van der Waals surface area (Å²) in [5.41, 5.74) is -0.321. The molecule has 0 amide bonds. The smallest absolute Gasteiger partial charge is 0.416 e. The van der Waals surface area contributed by atoms with E-state index in [1.165, 1.54) is 37.3 Å². The van der Waals surface area contributed by atoms with Crippen LogP contribution in [0.15, 0.2) is 36.4 Å². The molecule has 2 aromatic carbocycles. The first-order valence-electron chi connectivity index (χ1n) is 10.1. The highest BCUT2D eigenvalue weighted by Gasteiger charge is 2.31. The van der Waals surface area contributed by atoms with Crippen molar-refractivity contribution in [3.63, 3.8) is 0 Å². The second-order valence-electron chi connectivity index (χ2n) is 8.16. The normalized spacial score (nSPS) is 12.2. The van der Waals surface area contributed by atoms with E-state index in [4.69, 9.17) is 9.47 Å². The second kappa shape index (κ2) is 9.02. The first-order valence-corrected chi connectivity index (χ1v) is 11.0. The maximum absolute atomic E-state index is 13.0. The monoisotopic (exact) mass is 466 g/mol. The third-order valence-corrected chi connectivity index (χ3v) is 6.54. The molecular weight excluding hydrogens is 441 g/mol. The Bertz CT molecular complexity index is 1130. The predicted octanol–water partition coefficient (Wildman–Crippen LogP) is 6.79. The Labute approximate surface area is 188 Å². The van der Waals surface area contributed by atoms with Crippen LogP contribution in [0.4, 0.5) is 13.2 Å². The van der Waals surface area contributed by atoms with Gasteiger partial charge in [0.15, 0.2) is 5.60 Å². The lowest BCUT2D eigenvalue weighted by Gasteiger charge is -2.23. The number of carboxylic acid groups (broad SMARTS) is 1. The van der Waals surface area contributed by atoms with Crippen LogP contribution in [-0.4, -0.2) is 23.3 Å².